The van der Waals surface area contributed by atoms with E-state index in [1.807, 2.05) is 6.08 Å². The molecule has 2 N–H and O–H groups in total. The number of hydrogen-bond acceptors (Lipinski definition) is 3. The van der Waals surface area contributed by atoms with Gasteiger partial charge in [-0.15, -0.1) is 6.58 Å². The molecule has 0 atom stereocenters. The lowest BCUT2D eigenvalue weighted by atomic mass is 9.74. The van der Waals surface area contributed by atoms with E-state index in [9.17, 15) is 0 Å². The Morgan fingerprint density at radius 3 is 2.72 bits per heavy atom. The van der Waals surface area contributed by atoms with Gasteiger partial charge < -0.3 is 20.1 Å². The Labute approximate surface area is 151 Å². The molecule has 1 aliphatic rings. The molecule has 5 nitrogen and oxygen atoms in total. The Hall–Kier alpha value is -1.85. The summed E-state index contributed by atoms with van der Waals surface area (Å²) in [6, 6.07) is 10.7. The van der Waals surface area contributed by atoms with Crippen LogP contribution in [0.25, 0.3) is 0 Å². The molecular weight excluding hydrogens is 314 g/mol. The summed E-state index contributed by atoms with van der Waals surface area (Å²) in [5.41, 5.74) is 1.40. The van der Waals surface area contributed by atoms with Gasteiger partial charge in [-0.1, -0.05) is 36.4 Å². The first-order valence-electron chi connectivity index (χ1n) is 9.06. The molecule has 1 aromatic rings. The van der Waals surface area contributed by atoms with Crippen LogP contribution in [0.5, 0.6) is 0 Å². The number of nitrogens with zero attached hydrogens (tertiary/aromatic N) is 1. The average molecular weight is 345 g/mol. The van der Waals surface area contributed by atoms with Crippen LogP contribution in [-0.4, -0.2) is 52.5 Å². The minimum Gasteiger partial charge on any atom is -0.385 e. The van der Waals surface area contributed by atoms with Crippen molar-refractivity contribution in [3.8, 4) is 0 Å². The van der Waals surface area contributed by atoms with E-state index < -0.39 is 0 Å². The molecule has 1 heterocycles. The molecule has 0 saturated carbocycles. The smallest absolute Gasteiger partial charge is 0.191 e. The third-order valence-corrected chi connectivity index (χ3v) is 4.61. The monoisotopic (exact) mass is 345 g/mol. The fraction of sp³-hybridized carbons (Fsp3) is 0.550. The number of rotatable bonds is 9. The molecular formula is C20H31N3O2. The van der Waals surface area contributed by atoms with Gasteiger partial charge in [0.25, 0.3) is 0 Å². The van der Waals surface area contributed by atoms with Crippen LogP contribution in [0, 0.1) is 0 Å². The van der Waals surface area contributed by atoms with E-state index in [0.717, 1.165) is 58.1 Å². The fourth-order valence-electron chi connectivity index (χ4n) is 3.09. The Kier molecular flexibility index (Phi) is 8.49. The Bertz CT molecular complexity index is 525. The standard InChI is InChI=1S/C20H31N3O2/c1-3-12-21-19(22-13-7-14-24-2)23-17-20(10-15-25-16-11-20)18-8-5-4-6-9-18/h3-6,8-9H,1,7,10-17H2,2H3,(H2,21,22,23). The first-order valence-corrected chi connectivity index (χ1v) is 9.06. The van der Waals surface area contributed by atoms with E-state index in [1.54, 1.807) is 7.11 Å². The van der Waals surface area contributed by atoms with E-state index in [1.165, 1.54) is 5.56 Å². The fourth-order valence-corrected chi connectivity index (χ4v) is 3.09. The highest BCUT2D eigenvalue weighted by Crippen LogP contribution is 2.35. The zero-order chi connectivity index (χ0) is 17.8. The van der Waals surface area contributed by atoms with Crippen LogP contribution in [0.3, 0.4) is 0 Å². The molecule has 0 amide bonds. The van der Waals surface area contributed by atoms with Gasteiger partial charge in [0.05, 0.1) is 6.54 Å². The maximum absolute atomic E-state index is 5.60. The summed E-state index contributed by atoms with van der Waals surface area (Å²) in [5, 5.41) is 6.68. The number of benzene rings is 1. The summed E-state index contributed by atoms with van der Waals surface area (Å²) in [4.78, 5) is 4.88. The molecule has 1 fully saturated rings. The Morgan fingerprint density at radius 2 is 2.04 bits per heavy atom. The van der Waals surface area contributed by atoms with Crippen LogP contribution in [0.15, 0.2) is 48.0 Å². The highest BCUT2D eigenvalue weighted by atomic mass is 16.5. The van der Waals surface area contributed by atoms with Gasteiger partial charge in [0.15, 0.2) is 5.96 Å². The molecule has 0 bridgehead atoms. The number of nitrogens with one attached hydrogen (secondary N) is 2. The van der Waals surface area contributed by atoms with Gasteiger partial charge in [0, 0.05) is 45.4 Å². The van der Waals surface area contributed by atoms with Gasteiger partial charge >= 0.3 is 0 Å². The predicted octanol–water partition coefficient (Wildman–Crippen LogP) is 2.49. The van der Waals surface area contributed by atoms with E-state index in [0.29, 0.717) is 6.54 Å². The van der Waals surface area contributed by atoms with Crippen molar-refractivity contribution >= 4 is 5.96 Å². The molecule has 0 aliphatic carbocycles. The molecule has 1 saturated heterocycles. The zero-order valence-electron chi connectivity index (χ0n) is 15.3. The zero-order valence-corrected chi connectivity index (χ0v) is 15.3. The number of methoxy groups -OCH3 is 1. The minimum absolute atomic E-state index is 0.0504. The normalized spacial score (nSPS) is 17.1. The predicted molar refractivity (Wildman–Crippen MR) is 103 cm³/mol. The van der Waals surface area contributed by atoms with E-state index in [-0.39, 0.29) is 5.41 Å². The highest BCUT2D eigenvalue weighted by Gasteiger charge is 2.34. The van der Waals surface area contributed by atoms with Crippen molar-refractivity contribution in [3.05, 3.63) is 48.6 Å². The number of hydrogen-bond donors (Lipinski definition) is 2. The van der Waals surface area contributed by atoms with Gasteiger partial charge in [-0.25, -0.2) is 0 Å². The molecule has 1 aromatic carbocycles. The lowest BCUT2D eigenvalue weighted by Crippen LogP contribution is -2.41. The van der Waals surface area contributed by atoms with Crippen molar-refractivity contribution in [2.45, 2.75) is 24.7 Å². The average Bonchev–Trinajstić information content (AvgIpc) is 2.68. The van der Waals surface area contributed by atoms with Crippen molar-refractivity contribution in [3.63, 3.8) is 0 Å². The SMILES string of the molecule is C=CCNC(=NCC1(c2ccccc2)CCOCC1)NCCCOC. The van der Waals surface area contributed by atoms with Crippen LogP contribution in [0.1, 0.15) is 24.8 Å². The second-order valence-corrected chi connectivity index (χ2v) is 6.37. The van der Waals surface area contributed by atoms with Gasteiger partial charge in [-0.3, -0.25) is 4.99 Å². The second-order valence-electron chi connectivity index (χ2n) is 6.37. The first kappa shape index (κ1) is 19.5. The maximum Gasteiger partial charge on any atom is 0.191 e. The van der Waals surface area contributed by atoms with E-state index in [2.05, 4.69) is 47.5 Å². The molecule has 138 valence electrons. The summed E-state index contributed by atoms with van der Waals surface area (Å²) in [6.07, 6.45) is 4.79. The molecule has 2 rings (SSSR count). The van der Waals surface area contributed by atoms with Crippen molar-refractivity contribution < 1.29 is 9.47 Å². The molecule has 0 aromatic heterocycles. The van der Waals surface area contributed by atoms with Gasteiger partial charge in [0.2, 0.25) is 0 Å². The van der Waals surface area contributed by atoms with Crippen molar-refractivity contribution in [2.24, 2.45) is 4.99 Å². The lowest BCUT2D eigenvalue weighted by Gasteiger charge is -2.36. The number of ether oxygens (including phenoxy) is 2. The summed E-state index contributed by atoms with van der Waals surface area (Å²) >= 11 is 0. The second kappa shape index (κ2) is 10.9. The van der Waals surface area contributed by atoms with Crippen molar-refractivity contribution in [1.29, 1.82) is 0 Å². The van der Waals surface area contributed by atoms with Crippen LogP contribution >= 0.6 is 0 Å². The third-order valence-electron chi connectivity index (χ3n) is 4.61. The van der Waals surface area contributed by atoms with Gasteiger partial charge in [0.1, 0.15) is 0 Å². The molecule has 0 unspecified atom stereocenters. The van der Waals surface area contributed by atoms with Crippen LogP contribution < -0.4 is 10.6 Å². The summed E-state index contributed by atoms with van der Waals surface area (Å²) in [7, 11) is 1.72. The molecule has 0 spiro atoms. The maximum atomic E-state index is 5.60. The van der Waals surface area contributed by atoms with Crippen molar-refractivity contribution in [1.82, 2.24) is 10.6 Å². The molecule has 25 heavy (non-hydrogen) atoms. The van der Waals surface area contributed by atoms with Gasteiger partial charge in [-0.05, 0) is 24.8 Å². The summed E-state index contributed by atoms with van der Waals surface area (Å²) in [5.74, 6) is 0.831. The number of aliphatic imine (C=N–C) groups is 1. The van der Waals surface area contributed by atoms with Gasteiger partial charge in [-0.2, -0.15) is 0 Å². The largest absolute Gasteiger partial charge is 0.385 e. The Morgan fingerprint density at radius 1 is 1.28 bits per heavy atom. The van der Waals surface area contributed by atoms with E-state index in [4.69, 9.17) is 14.5 Å². The molecule has 5 heteroatoms. The van der Waals surface area contributed by atoms with Crippen molar-refractivity contribution in [2.75, 3.05) is 46.6 Å². The summed E-state index contributed by atoms with van der Waals surface area (Å²) < 4.78 is 10.7. The van der Waals surface area contributed by atoms with Crippen LogP contribution in [0.4, 0.5) is 0 Å². The Balaban J connectivity index is 2.08. The van der Waals surface area contributed by atoms with Crippen LogP contribution in [0.2, 0.25) is 0 Å². The topological polar surface area (TPSA) is 54.9 Å². The lowest BCUT2D eigenvalue weighted by molar-refractivity contribution is 0.0531. The quantitative estimate of drug-likeness (QED) is 0.312. The third kappa shape index (κ3) is 6.18. The first-order chi connectivity index (χ1) is 12.3. The highest BCUT2D eigenvalue weighted by molar-refractivity contribution is 5.80. The molecule has 1 aliphatic heterocycles. The summed E-state index contributed by atoms with van der Waals surface area (Å²) in [6.45, 7) is 8.37. The minimum atomic E-state index is 0.0504. The molecule has 0 radical (unpaired) electrons. The van der Waals surface area contributed by atoms with E-state index >= 15 is 0 Å². The van der Waals surface area contributed by atoms with Crippen LogP contribution in [-0.2, 0) is 14.9 Å². The number of guanidine groups is 1.